The van der Waals surface area contributed by atoms with Gasteiger partial charge in [0.1, 0.15) is 5.82 Å². The van der Waals surface area contributed by atoms with Gasteiger partial charge < -0.3 is 15.3 Å². The van der Waals surface area contributed by atoms with Gasteiger partial charge in [-0.2, -0.15) is 0 Å². The molecule has 0 radical (unpaired) electrons. The van der Waals surface area contributed by atoms with Crippen molar-refractivity contribution in [1.29, 1.82) is 0 Å². The van der Waals surface area contributed by atoms with Crippen LogP contribution in [0.15, 0.2) is 72.5 Å². The lowest BCUT2D eigenvalue weighted by Gasteiger charge is -2.40. The number of allylic oxidation sites excluding steroid dienone is 5. The zero-order valence-electron chi connectivity index (χ0n) is 15.2. The van der Waals surface area contributed by atoms with E-state index in [0.717, 1.165) is 30.5 Å². The van der Waals surface area contributed by atoms with E-state index in [0.29, 0.717) is 6.54 Å². The molecule has 1 aliphatic heterocycles. The van der Waals surface area contributed by atoms with Gasteiger partial charge in [-0.25, -0.2) is 4.39 Å². The molecular formula is C22H29FN2O. The SMILES string of the molecule is CCCNC[C@@H](O)C(c1cccc(F)c1)N1C=CC2=CC1/C=C\C/C=C\2.[HH]. The minimum absolute atomic E-state index is 0. The number of hydrogen-bond acceptors (Lipinski definition) is 3. The second-order valence-electron chi connectivity index (χ2n) is 6.76. The van der Waals surface area contributed by atoms with Crippen LogP contribution < -0.4 is 5.32 Å². The molecule has 0 amide bonds. The molecule has 1 heterocycles. The Bertz CT molecular complexity index is 729. The third-order valence-corrected chi connectivity index (χ3v) is 4.72. The van der Waals surface area contributed by atoms with Gasteiger partial charge in [-0.15, -0.1) is 0 Å². The van der Waals surface area contributed by atoms with E-state index < -0.39 is 6.10 Å². The van der Waals surface area contributed by atoms with Crippen LogP contribution in [0, 0.1) is 5.82 Å². The highest BCUT2D eigenvalue weighted by atomic mass is 19.1. The van der Waals surface area contributed by atoms with Crippen LogP contribution in [0.1, 0.15) is 32.8 Å². The van der Waals surface area contributed by atoms with E-state index in [4.69, 9.17) is 0 Å². The van der Waals surface area contributed by atoms with E-state index in [-0.39, 0.29) is 19.3 Å². The first kappa shape index (κ1) is 18.6. The van der Waals surface area contributed by atoms with E-state index in [1.165, 1.54) is 12.1 Å². The van der Waals surface area contributed by atoms with Crippen molar-refractivity contribution in [3.8, 4) is 0 Å². The molecular weight excluding hydrogens is 327 g/mol. The lowest BCUT2D eigenvalue weighted by molar-refractivity contribution is 0.0674. The summed E-state index contributed by atoms with van der Waals surface area (Å²) < 4.78 is 13.9. The third-order valence-electron chi connectivity index (χ3n) is 4.72. The van der Waals surface area contributed by atoms with Gasteiger partial charge in [0.05, 0.1) is 18.2 Å². The van der Waals surface area contributed by atoms with Crippen LogP contribution in [0.4, 0.5) is 4.39 Å². The van der Waals surface area contributed by atoms with Crippen molar-refractivity contribution < 1.29 is 10.9 Å². The van der Waals surface area contributed by atoms with Crippen LogP contribution in [-0.2, 0) is 0 Å². The molecule has 3 nitrogen and oxygen atoms in total. The minimum Gasteiger partial charge on any atom is -0.389 e. The number of nitrogens with zero attached hydrogens (tertiary/aromatic N) is 1. The molecule has 0 saturated carbocycles. The molecule has 0 saturated heterocycles. The monoisotopic (exact) mass is 356 g/mol. The van der Waals surface area contributed by atoms with Crippen LogP contribution in [0.5, 0.6) is 0 Å². The van der Waals surface area contributed by atoms with Crippen molar-refractivity contribution in [1.82, 2.24) is 10.2 Å². The Balaban J connectivity index is 0.00000261. The molecule has 1 aliphatic carbocycles. The molecule has 4 heteroatoms. The van der Waals surface area contributed by atoms with E-state index in [9.17, 15) is 9.50 Å². The van der Waals surface area contributed by atoms with Gasteiger partial charge in [0, 0.05) is 14.2 Å². The smallest absolute Gasteiger partial charge is 0.123 e. The molecule has 2 aliphatic rings. The summed E-state index contributed by atoms with van der Waals surface area (Å²) in [6, 6.07) is 6.25. The Labute approximate surface area is 156 Å². The highest BCUT2D eigenvalue weighted by molar-refractivity contribution is 5.39. The zero-order valence-corrected chi connectivity index (χ0v) is 15.2. The first-order valence-electron chi connectivity index (χ1n) is 9.34. The summed E-state index contributed by atoms with van der Waals surface area (Å²) in [4.78, 5) is 2.12. The summed E-state index contributed by atoms with van der Waals surface area (Å²) in [5, 5.41) is 14.2. The number of nitrogens with one attached hydrogen (secondary N) is 1. The van der Waals surface area contributed by atoms with E-state index in [1.54, 1.807) is 6.07 Å². The van der Waals surface area contributed by atoms with Crippen LogP contribution in [0.3, 0.4) is 0 Å². The number of fused-ring (bicyclic) bond motifs is 1. The van der Waals surface area contributed by atoms with Gasteiger partial charge in [0.2, 0.25) is 0 Å². The number of hydrogen-bond donors (Lipinski definition) is 2. The van der Waals surface area contributed by atoms with Crippen molar-refractivity contribution >= 4 is 0 Å². The molecule has 0 fully saturated rings. The highest BCUT2D eigenvalue weighted by Crippen LogP contribution is 2.31. The van der Waals surface area contributed by atoms with Gasteiger partial charge >= 0.3 is 0 Å². The molecule has 26 heavy (non-hydrogen) atoms. The van der Waals surface area contributed by atoms with Crippen molar-refractivity contribution in [3.05, 3.63) is 83.9 Å². The fourth-order valence-corrected chi connectivity index (χ4v) is 3.48. The normalized spacial score (nSPS) is 23.6. The summed E-state index contributed by atoms with van der Waals surface area (Å²) in [7, 11) is 0. The van der Waals surface area contributed by atoms with Crippen molar-refractivity contribution in [2.75, 3.05) is 13.1 Å². The first-order chi connectivity index (χ1) is 12.7. The van der Waals surface area contributed by atoms with Crippen LogP contribution >= 0.6 is 0 Å². The van der Waals surface area contributed by atoms with Crippen molar-refractivity contribution in [3.63, 3.8) is 0 Å². The van der Waals surface area contributed by atoms with Crippen molar-refractivity contribution in [2.45, 2.75) is 38.0 Å². The Morgan fingerprint density at radius 2 is 2.23 bits per heavy atom. The number of halogens is 1. The van der Waals surface area contributed by atoms with E-state index in [2.05, 4.69) is 47.5 Å². The molecule has 0 aromatic heterocycles. The molecule has 140 valence electrons. The maximum atomic E-state index is 13.9. The first-order valence-corrected chi connectivity index (χ1v) is 9.34. The lowest BCUT2D eigenvalue weighted by atomic mass is 9.94. The summed E-state index contributed by atoms with van der Waals surface area (Å²) in [6.07, 6.45) is 16.0. The van der Waals surface area contributed by atoms with Gasteiger partial charge in [0.25, 0.3) is 0 Å². The number of aliphatic hydroxyl groups excluding tert-OH is 1. The maximum absolute atomic E-state index is 13.9. The molecule has 2 unspecified atom stereocenters. The highest BCUT2D eigenvalue weighted by Gasteiger charge is 2.30. The quantitative estimate of drug-likeness (QED) is 0.570. The minimum atomic E-state index is -0.655. The summed E-state index contributed by atoms with van der Waals surface area (Å²) in [5.41, 5.74) is 1.94. The largest absolute Gasteiger partial charge is 0.389 e. The van der Waals surface area contributed by atoms with E-state index >= 15 is 0 Å². The zero-order chi connectivity index (χ0) is 18.4. The number of benzene rings is 1. The average molecular weight is 356 g/mol. The predicted octanol–water partition coefficient (Wildman–Crippen LogP) is 4.11. The maximum Gasteiger partial charge on any atom is 0.123 e. The van der Waals surface area contributed by atoms with Gasteiger partial charge in [-0.1, -0.05) is 49.4 Å². The number of aliphatic hydroxyl groups is 1. The van der Waals surface area contributed by atoms with Gasteiger partial charge in [-0.05, 0) is 48.7 Å². The standard InChI is InChI=1S/C22H27FN2O.H2/c1-2-12-24-16-21(26)22(18-8-6-9-19(23)15-18)25-13-11-17-7-4-3-5-10-20(25)14-17;/h4-11,13-15,20-22,24,26H,2-3,12,16H2,1H3;1H/b7-4-,10-5-;/t20?,21-,22?;/m1./s1. The van der Waals surface area contributed by atoms with Gasteiger partial charge in [0.15, 0.2) is 0 Å². The Morgan fingerprint density at radius 3 is 3.04 bits per heavy atom. The van der Waals surface area contributed by atoms with Crippen LogP contribution in [0.2, 0.25) is 0 Å². The topological polar surface area (TPSA) is 35.5 Å². The Kier molecular flexibility index (Phi) is 6.42. The fourth-order valence-electron chi connectivity index (χ4n) is 3.48. The lowest BCUT2D eigenvalue weighted by Crippen LogP contribution is -2.43. The summed E-state index contributed by atoms with van der Waals surface area (Å²) in [6.45, 7) is 3.41. The third kappa shape index (κ3) is 4.51. The molecule has 0 spiro atoms. The number of rotatable bonds is 7. The van der Waals surface area contributed by atoms with Crippen LogP contribution in [-0.4, -0.2) is 35.2 Å². The van der Waals surface area contributed by atoms with Crippen molar-refractivity contribution in [2.24, 2.45) is 0 Å². The Hall–Kier alpha value is -2.17. The molecule has 1 aromatic rings. The van der Waals surface area contributed by atoms with E-state index in [1.807, 2.05) is 18.3 Å². The molecule has 2 bridgehead atoms. The predicted molar refractivity (Wildman–Crippen MR) is 106 cm³/mol. The second kappa shape index (κ2) is 8.97. The fraction of sp³-hybridized carbons (Fsp3) is 0.364. The van der Waals surface area contributed by atoms with Crippen LogP contribution in [0.25, 0.3) is 0 Å². The molecule has 3 rings (SSSR count). The molecule has 3 atom stereocenters. The molecule has 1 aromatic carbocycles. The summed E-state index contributed by atoms with van der Waals surface area (Å²) >= 11 is 0. The second-order valence-corrected chi connectivity index (χ2v) is 6.76. The average Bonchev–Trinajstić information content (AvgIpc) is 2.61. The Morgan fingerprint density at radius 1 is 1.35 bits per heavy atom. The molecule has 2 N–H and O–H groups in total. The van der Waals surface area contributed by atoms with Gasteiger partial charge in [-0.3, -0.25) is 0 Å². The summed E-state index contributed by atoms with van der Waals surface area (Å²) in [5.74, 6) is -0.283.